The Morgan fingerprint density at radius 3 is 2.82 bits per heavy atom. The molecule has 0 spiro atoms. The first kappa shape index (κ1) is 8.97. The van der Waals surface area contributed by atoms with Crippen LogP contribution in [0.3, 0.4) is 0 Å². The van der Waals surface area contributed by atoms with Crippen molar-refractivity contribution in [1.29, 1.82) is 0 Å². The molecule has 1 saturated carbocycles. The predicted octanol–water partition coefficient (Wildman–Crippen LogP) is -0.00670. The summed E-state index contributed by atoms with van der Waals surface area (Å²) >= 11 is 0. The van der Waals surface area contributed by atoms with Crippen molar-refractivity contribution >= 4 is 0 Å². The van der Waals surface area contributed by atoms with Crippen LogP contribution in [0, 0.1) is 5.92 Å². The molecule has 1 unspecified atom stereocenters. The second-order valence-electron chi connectivity index (χ2n) is 3.07. The van der Waals surface area contributed by atoms with E-state index >= 15 is 0 Å². The van der Waals surface area contributed by atoms with Crippen LogP contribution < -0.4 is 5.32 Å². The fourth-order valence-electron chi connectivity index (χ4n) is 1.23. The molecule has 1 atom stereocenters. The van der Waals surface area contributed by atoms with Crippen LogP contribution in [0.25, 0.3) is 0 Å². The van der Waals surface area contributed by atoms with Gasteiger partial charge in [0.1, 0.15) is 0 Å². The number of hydrogen-bond acceptors (Lipinski definition) is 3. The number of aliphatic hydroxyl groups is 1. The van der Waals surface area contributed by atoms with Crippen molar-refractivity contribution in [3.63, 3.8) is 0 Å². The molecule has 1 aliphatic carbocycles. The second-order valence-corrected chi connectivity index (χ2v) is 3.07. The van der Waals surface area contributed by atoms with Gasteiger partial charge >= 0.3 is 0 Å². The summed E-state index contributed by atoms with van der Waals surface area (Å²) in [5.74, 6) is 0.719. The van der Waals surface area contributed by atoms with Gasteiger partial charge in [0.05, 0.1) is 13.2 Å². The van der Waals surface area contributed by atoms with E-state index in [4.69, 9.17) is 9.84 Å². The zero-order valence-corrected chi connectivity index (χ0v) is 7.05. The van der Waals surface area contributed by atoms with Crippen molar-refractivity contribution in [1.82, 2.24) is 5.32 Å². The van der Waals surface area contributed by atoms with Crippen molar-refractivity contribution < 1.29 is 9.84 Å². The quantitative estimate of drug-likeness (QED) is 0.536. The summed E-state index contributed by atoms with van der Waals surface area (Å²) in [5, 5.41) is 12.2. The monoisotopic (exact) mass is 159 g/mol. The van der Waals surface area contributed by atoms with E-state index < -0.39 is 0 Å². The molecule has 0 aromatic rings. The van der Waals surface area contributed by atoms with Crippen molar-refractivity contribution in [3.8, 4) is 0 Å². The Hall–Kier alpha value is -0.120. The fraction of sp³-hybridized carbons (Fsp3) is 1.00. The van der Waals surface area contributed by atoms with E-state index in [1.165, 1.54) is 12.8 Å². The summed E-state index contributed by atoms with van der Waals surface area (Å²) in [4.78, 5) is 0. The maximum absolute atomic E-state index is 8.93. The molecule has 3 heteroatoms. The Bertz CT molecular complexity index is 104. The molecule has 1 aliphatic rings. The third-order valence-corrected chi connectivity index (χ3v) is 2.10. The number of methoxy groups -OCH3 is 1. The maximum Gasteiger partial charge on any atom is 0.0587 e. The second kappa shape index (κ2) is 4.70. The molecule has 1 fully saturated rings. The lowest BCUT2D eigenvalue weighted by atomic mass is 10.2. The first-order valence-electron chi connectivity index (χ1n) is 4.21. The van der Waals surface area contributed by atoms with Crippen LogP contribution in [0.15, 0.2) is 0 Å². The molecule has 0 aromatic carbocycles. The number of rotatable bonds is 6. The minimum absolute atomic E-state index is 0.258. The normalized spacial score (nSPS) is 20.2. The molecule has 0 heterocycles. The van der Waals surface area contributed by atoms with E-state index in [0.29, 0.717) is 6.04 Å². The number of hydrogen-bond donors (Lipinski definition) is 2. The summed E-state index contributed by atoms with van der Waals surface area (Å²) in [6.45, 7) is 1.83. The minimum Gasteiger partial charge on any atom is -0.395 e. The molecule has 3 nitrogen and oxygen atoms in total. The largest absolute Gasteiger partial charge is 0.395 e. The average molecular weight is 159 g/mol. The SMILES string of the molecule is COCCNC(CO)C1CC1. The molecule has 2 N–H and O–H groups in total. The van der Waals surface area contributed by atoms with Gasteiger partial charge in [0.25, 0.3) is 0 Å². The Morgan fingerprint density at radius 1 is 1.64 bits per heavy atom. The highest BCUT2D eigenvalue weighted by atomic mass is 16.5. The molecule has 0 aromatic heterocycles. The number of ether oxygens (including phenoxy) is 1. The minimum atomic E-state index is 0.258. The topological polar surface area (TPSA) is 41.5 Å². The van der Waals surface area contributed by atoms with E-state index in [0.717, 1.165) is 19.1 Å². The molecule has 0 bridgehead atoms. The van der Waals surface area contributed by atoms with Gasteiger partial charge in [-0.15, -0.1) is 0 Å². The van der Waals surface area contributed by atoms with Gasteiger partial charge in [-0.2, -0.15) is 0 Å². The van der Waals surface area contributed by atoms with E-state index in [1.54, 1.807) is 7.11 Å². The molecule has 0 radical (unpaired) electrons. The van der Waals surface area contributed by atoms with E-state index in [1.807, 2.05) is 0 Å². The Kier molecular flexibility index (Phi) is 3.83. The van der Waals surface area contributed by atoms with Gasteiger partial charge in [-0.05, 0) is 18.8 Å². The van der Waals surface area contributed by atoms with Crippen LogP contribution in [0.4, 0.5) is 0 Å². The highest BCUT2D eigenvalue weighted by Gasteiger charge is 2.29. The van der Waals surface area contributed by atoms with Gasteiger partial charge < -0.3 is 15.2 Å². The average Bonchev–Trinajstić information content (AvgIpc) is 2.81. The highest BCUT2D eigenvalue weighted by Crippen LogP contribution is 2.32. The van der Waals surface area contributed by atoms with Gasteiger partial charge in [0, 0.05) is 19.7 Å². The standard InChI is InChI=1S/C8H17NO2/c1-11-5-4-9-8(6-10)7-2-3-7/h7-10H,2-6H2,1H3. The van der Waals surface area contributed by atoms with Crippen LogP contribution in [0.1, 0.15) is 12.8 Å². The zero-order chi connectivity index (χ0) is 8.10. The van der Waals surface area contributed by atoms with Gasteiger partial charge in [-0.1, -0.05) is 0 Å². The summed E-state index contributed by atoms with van der Waals surface area (Å²) in [6, 6.07) is 0.310. The Morgan fingerprint density at radius 2 is 2.36 bits per heavy atom. The lowest BCUT2D eigenvalue weighted by molar-refractivity contribution is 0.179. The predicted molar refractivity (Wildman–Crippen MR) is 43.5 cm³/mol. The summed E-state index contributed by atoms with van der Waals surface area (Å²) in [5.41, 5.74) is 0. The van der Waals surface area contributed by atoms with Crippen LogP contribution in [0.2, 0.25) is 0 Å². The summed E-state index contributed by atoms with van der Waals surface area (Å²) in [7, 11) is 1.69. The van der Waals surface area contributed by atoms with Crippen LogP contribution in [0.5, 0.6) is 0 Å². The summed E-state index contributed by atoms with van der Waals surface area (Å²) in [6.07, 6.45) is 2.54. The van der Waals surface area contributed by atoms with Gasteiger partial charge in [-0.25, -0.2) is 0 Å². The van der Waals surface area contributed by atoms with E-state index in [-0.39, 0.29) is 6.61 Å². The molecule has 0 amide bonds. The van der Waals surface area contributed by atoms with Gasteiger partial charge in [0.15, 0.2) is 0 Å². The van der Waals surface area contributed by atoms with E-state index in [9.17, 15) is 0 Å². The molecule has 0 saturated heterocycles. The number of nitrogens with one attached hydrogen (secondary N) is 1. The van der Waals surface area contributed by atoms with Gasteiger partial charge in [0.2, 0.25) is 0 Å². The van der Waals surface area contributed by atoms with Gasteiger partial charge in [-0.3, -0.25) is 0 Å². The third kappa shape index (κ3) is 3.18. The zero-order valence-electron chi connectivity index (χ0n) is 7.05. The lowest BCUT2D eigenvalue weighted by Gasteiger charge is -2.14. The molecular formula is C8H17NO2. The molecule has 66 valence electrons. The maximum atomic E-state index is 8.93. The molecule has 11 heavy (non-hydrogen) atoms. The Labute approximate surface area is 67.7 Å². The molecule has 1 rings (SSSR count). The van der Waals surface area contributed by atoms with Crippen molar-refractivity contribution in [2.75, 3.05) is 26.9 Å². The first-order chi connectivity index (χ1) is 5.38. The first-order valence-corrected chi connectivity index (χ1v) is 4.21. The smallest absolute Gasteiger partial charge is 0.0587 e. The number of aliphatic hydroxyl groups excluding tert-OH is 1. The fourth-order valence-corrected chi connectivity index (χ4v) is 1.23. The van der Waals surface area contributed by atoms with Crippen LogP contribution in [-0.4, -0.2) is 38.0 Å². The van der Waals surface area contributed by atoms with Crippen molar-refractivity contribution in [2.45, 2.75) is 18.9 Å². The lowest BCUT2D eigenvalue weighted by Crippen LogP contribution is -2.36. The highest BCUT2D eigenvalue weighted by molar-refractivity contribution is 4.85. The Balaban J connectivity index is 2.01. The van der Waals surface area contributed by atoms with Crippen LogP contribution >= 0.6 is 0 Å². The molecule has 0 aliphatic heterocycles. The van der Waals surface area contributed by atoms with Crippen LogP contribution in [-0.2, 0) is 4.74 Å². The van der Waals surface area contributed by atoms with Crippen molar-refractivity contribution in [2.24, 2.45) is 5.92 Å². The molecular weight excluding hydrogens is 142 g/mol. The summed E-state index contributed by atoms with van der Waals surface area (Å²) < 4.78 is 4.89. The van der Waals surface area contributed by atoms with Crippen molar-refractivity contribution in [3.05, 3.63) is 0 Å². The third-order valence-electron chi connectivity index (χ3n) is 2.10. The van der Waals surface area contributed by atoms with E-state index in [2.05, 4.69) is 5.32 Å².